The van der Waals surface area contributed by atoms with E-state index in [0.29, 0.717) is 23.1 Å². The lowest BCUT2D eigenvalue weighted by molar-refractivity contribution is -0.118. The smallest absolute Gasteiger partial charge is 0.286 e. The van der Waals surface area contributed by atoms with E-state index in [2.05, 4.69) is 15.1 Å². The van der Waals surface area contributed by atoms with Crippen molar-refractivity contribution in [2.45, 2.75) is 26.7 Å². The fourth-order valence-corrected chi connectivity index (χ4v) is 2.19. The van der Waals surface area contributed by atoms with Crippen molar-refractivity contribution >= 4 is 16.8 Å². The number of H-pyrrole nitrogens is 1. The van der Waals surface area contributed by atoms with Gasteiger partial charge in [-0.15, -0.1) is 4.91 Å². The van der Waals surface area contributed by atoms with Gasteiger partial charge in [-0.25, -0.2) is 4.98 Å². The van der Waals surface area contributed by atoms with Crippen LogP contribution in [0.1, 0.15) is 24.7 Å². The first-order valence-electron chi connectivity index (χ1n) is 6.36. The van der Waals surface area contributed by atoms with E-state index < -0.39 is 5.91 Å². The Kier molecular flexibility index (Phi) is 4.02. The monoisotopic (exact) mass is 273 g/mol. The zero-order valence-corrected chi connectivity index (χ0v) is 11.3. The molecule has 1 atom stereocenters. The molecule has 104 valence electrons. The van der Waals surface area contributed by atoms with Crippen LogP contribution in [0.5, 0.6) is 0 Å². The number of hydrogen-bond donors (Lipinski definition) is 1. The number of hydrogen-bond acceptors (Lipinski definition) is 4. The third-order valence-electron chi connectivity index (χ3n) is 3.15. The first-order valence-corrected chi connectivity index (χ1v) is 6.36. The summed E-state index contributed by atoms with van der Waals surface area (Å²) in [4.78, 5) is 40.2. The molecule has 2 aromatic rings. The minimum Gasteiger partial charge on any atom is -0.310 e. The van der Waals surface area contributed by atoms with Gasteiger partial charge >= 0.3 is 0 Å². The molecule has 1 aromatic heterocycles. The Morgan fingerprint density at radius 2 is 2.20 bits per heavy atom. The Bertz CT molecular complexity index is 721. The summed E-state index contributed by atoms with van der Waals surface area (Å²) < 4.78 is 0. The molecule has 6 nitrogen and oxygen atoms in total. The predicted molar refractivity (Wildman–Crippen MR) is 75.4 cm³/mol. The van der Waals surface area contributed by atoms with E-state index in [1.54, 1.807) is 6.07 Å². The van der Waals surface area contributed by atoms with E-state index in [4.69, 9.17) is 0 Å². The standard InChI is InChI=1S/C14H15N3O3/c1-8(7-12(18)17-20)6-11-15-13-9(2)4-3-5-10(13)14(19)16-11/h3-5,8H,6-7H2,1-2H3,(H,15,16,19). The number of rotatable bonds is 4. The number of nitrogens with one attached hydrogen (secondary N) is 1. The summed E-state index contributed by atoms with van der Waals surface area (Å²) in [5.41, 5.74) is 1.40. The van der Waals surface area contributed by atoms with Crippen LogP contribution in [0.3, 0.4) is 0 Å². The molecule has 0 bridgehead atoms. The Morgan fingerprint density at radius 3 is 2.90 bits per heavy atom. The summed E-state index contributed by atoms with van der Waals surface area (Å²) in [6.45, 7) is 3.70. The Balaban J connectivity index is 2.32. The lowest BCUT2D eigenvalue weighted by atomic mass is 10.0. The molecule has 0 aliphatic carbocycles. The normalized spacial score (nSPS) is 12.3. The Morgan fingerprint density at radius 1 is 1.45 bits per heavy atom. The molecule has 1 unspecified atom stereocenters. The van der Waals surface area contributed by atoms with Gasteiger partial charge in [0.05, 0.1) is 10.9 Å². The van der Waals surface area contributed by atoms with E-state index >= 15 is 0 Å². The number of amides is 1. The highest BCUT2D eigenvalue weighted by Gasteiger charge is 2.13. The van der Waals surface area contributed by atoms with Crippen molar-refractivity contribution in [3.05, 3.63) is 44.8 Å². The minimum absolute atomic E-state index is 0.0546. The molecule has 1 amide bonds. The number of aromatic nitrogens is 2. The number of nitroso groups, excluding NO2 is 1. The maximum Gasteiger partial charge on any atom is 0.286 e. The van der Waals surface area contributed by atoms with Gasteiger partial charge in [0.15, 0.2) is 0 Å². The Labute approximate surface area is 115 Å². The van der Waals surface area contributed by atoms with Crippen molar-refractivity contribution in [1.82, 2.24) is 9.97 Å². The predicted octanol–water partition coefficient (Wildman–Crippen LogP) is 2.09. The number of benzene rings is 1. The van der Waals surface area contributed by atoms with Crippen LogP contribution in [0.15, 0.2) is 28.2 Å². The molecule has 0 aliphatic rings. The Hall–Kier alpha value is -2.37. The first kappa shape index (κ1) is 14.0. The molecule has 0 saturated heterocycles. The second-order valence-corrected chi connectivity index (χ2v) is 4.98. The van der Waals surface area contributed by atoms with Crippen molar-refractivity contribution in [1.29, 1.82) is 0 Å². The van der Waals surface area contributed by atoms with Crippen LogP contribution in [0.4, 0.5) is 0 Å². The molecule has 1 N–H and O–H groups in total. The van der Waals surface area contributed by atoms with Gasteiger partial charge in [0.1, 0.15) is 5.82 Å². The van der Waals surface area contributed by atoms with Crippen molar-refractivity contribution in [3.8, 4) is 0 Å². The third kappa shape index (κ3) is 2.96. The van der Waals surface area contributed by atoms with Gasteiger partial charge in [-0.3, -0.25) is 9.59 Å². The summed E-state index contributed by atoms with van der Waals surface area (Å²) in [7, 11) is 0. The van der Waals surface area contributed by atoms with Crippen LogP contribution in [0.25, 0.3) is 10.9 Å². The van der Waals surface area contributed by atoms with E-state index in [9.17, 15) is 14.5 Å². The molecular formula is C14H15N3O3. The largest absolute Gasteiger partial charge is 0.310 e. The van der Waals surface area contributed by atoms with Crippen LogP contribution >= 0.6 is 0 Å². The van der Waals surface area contributed by atoms with Gasteiger partial charge in [0, 0.05) is 18.0 Å². The highest BCUT2D eigenvalue weighted by Crippen LogP contribution is 2.14. The average molecular weight is 273 g/mol. The van der Waals surface area contributed by atoms with Crippen LogP contribution in [0.2, 0.25) is 0 Å². The quantitative estimate of drug-likeness (QED) is 0.863. The van der Waals surface area contributed by atoms with E-state index in [0.717, 1.165) is 5.56 Å². The van der Waals surface area contributed by atoms with Crippen molar-refractivity contribution in [2.24, 2.45) is 11.1 Å². The van der Waals surface area contributed by atoms with Gasteiger partial charge in [-0.05, 0) is 24.5 Å². The minimum atomic E-state index is -0.684. The summed E-state index contributed by atoms with van der Waals surface area (Å²) in [6.07, 6.45) is 0.472. The van der Waals surface area contributed by atoms with Gasteiger partial charge < -0.3 is 4.98 Å². The van der Waals surface area contributed by atoms with Crippen LogP contribution in [-0.4, -0.2) is 15.9 Å². The second kappa shape index (κ2) is 5.73. The van der Waals surface area contributed by atoms with Crippen LogP contribution in [0, 0.1) is 17.7 Å². The molecule has 20 heavy (non-hydrogen) atoms. The van der Waals surface area contributed by atoms with E-state index in [1.807, 2.05) is 26.0 Å². The summed E-state index contributed by atoms with van der Waals surface area (Å²) in [5, 5.41) is 2.92. The molecule has 1 heterocycles. The second-order valence-electron chi connectivity index (χ2n) is 4.98. The number of nitrogens with zero attached hydrogens (tertiary/aromatic N) is 2. The summed E-state index contributed by atoms with van der Waals surface area (Å²) >= 11 is 0. The van der Waals surface area contributed by atoms with Gasteiger partial charge in [0.2, 0.25) is 0 Å². The third-order valence-corrected chi connectivity index (χ3v) is 3.15. The molecule has 6 heteroatoms. The number of aryl methyl sites for hydroxylation is 1. The highest BCUT2D eigenvalue weighted by molar-refractivity contribution is 5.80. The zero-order valence-electron chi connectivity index (χ0n) is 11.3. The van der Waals surface area contributed by atoms with E-state index in [-0.39, 0.29) is 17.9 Å². The molecular weight excluding hydrogens is 258 g/mol. The molecule has 0 saturated carbocycles. The average Bonchev–Trinajstić information content (AvgIpc) is 2.40. The zero-order chi connectivity index (χ0) is 14.7. The van der Waals surface area contributed by atoms with Crippen molar-refractivity contribution < 1.29 is 4.79 Å². The molecule has 2 rings (SSSR count). The lowest BCUT2D eigenvalue weighted by Crippen LogP contribution is -2.15. The molecule has 0 aliphatic heterocycles. The summed E-state index contributed by atoms with van der Waals surface area (Å²) in [6, 6.07) is 5.42. The van der Waals surface area contributed by atoms with Crippen LogP contribution < -0.4 is 5.56 Å². The van der Waals surface area contributed by atoms with Crippen molar-refractivity contribution in [2.75, 3.05) is 0 Å². The van der Waals surface area contributed by atoms with Gasteiger partial charge in [-0.1, -0.05) is 19.1 Å². The molecule has 0 spiro atoms. The number of aromatic amines is 1. The molecule has 0 fully saturated rings. The molecule has 0 radical (unpaired) electrons. The lowest BCUT2D eigenvalue weighted by Gasteiger charge is -2.09. The SMILES string of the molecule is Cc1cccc2c(=O)[nH]c(CC(C)CC(=O)N=O)nc12. The maximum atomic E-state index is 12.0. The topological polar surface area (TPSA) is 92.2 Å². The van der Waals surface area contributed by atoms with Crippen LogP contribution in [-0.2, 0) is 11.2 Å². The number of carbonyl (C=O) groups excluding carboxylic acids is 1. The number of carbonyl (C=O) groups is 1. The highest BCUT2D eigenvalue weighted by atomic mass is 16.3. The number of fused-ring (bicyclic) bond motifs is 1. The first-order chi connectivity index (χ1) is 9.51. The number of para-hydroxylation sites is 1. The maximum absolute atomic E-state index is 12.0. The summed E-state index contributed by atoms with van der Waals surface area (Å²) in [5.74, 6) is -0.273. The molecule has 1 aromatic carbocycles. The fraction of sp³-hybridized carbons (Fsp3) is 0.357. The van der Waals surface area contributed by atoms with E-state index in [1.165, 1.54) is 0 Å². The fourth-order valence-electron chi connectivity index (χ4n) is 2.19. The van der Waals surface area contributed by atoms with Crippen molar-refractivity contribution in [3.63, 3.8) is 0 Å². The van der Waals surface area contributed by atoms with Gasteiger partial charge in [-0.2, -0.15) is 0 Å². The van der Waals surface area contributed by atoms with Gasteiger partial charge in [0.25, 0.3) is 11.5 Å².